The minimum atomic E-state index is -0.0318. The van der Waals surface area contributed by atoms with Gasteiger partial charge in [0, 0.05) is 18.8 Å². The lowest BCUT2D eigenvalue weighted by molar-refractivity contribution is -0.119. The Hall–Kier alpha value is -1.86. The van der Waals surface area contributed by atoms with Crippen LogP contribution in [0.1, 0.15) is 30.7 Å². The maximum absolute atomic E-state index is 12.5. The molecule has 0 radical (unpaired) electrons. The number of carbonyl (C=O) groups is 1. The molecule has 1 aromatic carbocycles. The summed E-state index contributed by atoms with van der Waals surface area (Å²) < 4.78 is 0. The normalized spacial score (nSPS) is 26.1. The quantitative estimate of drug-likeness (QED) is 0.667. The highest BCUT2D eigenvalue weighted by atomic mass is 35.5. The molecule has 3 rings (SSSR count). The van der Waals surface area contributed by atoms with Crippen LogP contribution in [-0.4, -0.2) is 11.2 Å². The van der Waals surface area contributed by atoms with Crippen molar-refractivity contribution in [1.82, 2.24) is 0 Å². The van der Waals surface area contributed by atoms with E-state index in [1.165, 1.54) is 5.56 Å². The summed E-state index contributed by atoms with van der Waals surface area (Å²) in [5.41, 5.74) is 2.31. The van der Waals surface area contributed by atoms with Crippen LogP contribution < -0.4 is 0 Å². The van der Waals surface area contributed by atoms with Crippen LogP contribution in [0.2, 0.25) is 0 Å². The number of allylic oxidation sites excluding steroid dienone is 8. The minimum Gasteiger partial charge on any atom is -0.299 e. The average molecular weight is 325 g/mol. The predicted octanol–water partition coefficient (Wildman–Crippen LogP) is 5.36. The Morgan fingerprint density at radius 2 is 1.87 bits per heavy atom. The van der Waals surface area contributed by atoms with Gasteiger partial charge in [-0.15, -0.1) is 11.6 Å². The van der Waals surface area contributed by atoms with Crippen LogP contribution in [0.5, 0.6) is 0 Å². The Kier molecular flexibility index (Phi) is 5.30. The molecular weight excluding hydrogens is 304 g/mol. The van der Waals surface area contributed by atoms with E-state index in [0.717, 1.165) is 12.0 Å². The van der Waals surface area contributed by atoms with Crippen LogP contribution in [0.4, 0.5) is 0 Å². The zero-order valence-corrected chi connectivity index (χ0v) is 13.8. The highest BCUT2D eigenvalue weighted by Crippen LogP contribution is 2.33. The van der Waals surface area contributed by atoms with E-state index in [1.807, 2.05) is 30.4 Å². The fraction of sp³-hybridized carbons (Fsp3) is 0.286. The van der Waals surface area contributed by atoms with Crippen molar-refractivity contribution >= 4 is 17.4 Å². The van der Waals surface area contributed by atoms with Crippen molar-refractivity contribution in [3.8, 4) is 0 Å². The molecule has 118 valence electrons. The highest BCUT2D eigenvalue weighted by molar-refractivity contribution is 6.22. The summed E-state index contributed by atoms with van der Waals surface area (Å²) in [6.07, 6.45) is 16.3. The zero-order chi connectivity index (χ0) is 16.1. The second kappa shape index (κ2) is 7.61. The van der Waals surface area contributed by atoms with Crippen molar-refractivity contribution < 1.29 is 4.79 Å². The minimum absolute atomic E-state index is 0.0318. The van der Waals surface area contributed by atoms with Gasteiger partial charge in [0.2, 0.25) is 0 Å². The van der Waals surface area contributed by atoms with Gasteiger partial charge < -0.3 is 0 Å². The fourth-order valence-electron chi connectivity index (χ4n) is 3.26. The SMILES string of the molecule is O=C(CC1=CC=CCC1Cl)CC1C=CC=CC1c1ccccc1. The van der Waals surface area contributed by atoms with E-state index in [0.29, 0.717) is 12.8 Å². The Morgan fingerprint density at radius 1 is 1.09 bits per heavy atom. The van der Waals surface area contributed by atoms with Crippen molar-refractivity contribution in [2.45, 2.75) is 30.6 Å². The van der Waals surface area contributed by atoms with Crippen LogP contribution in [0.3, 0.4) is 0 Å². The van der Waals surface area contributed by atoms with Gasteiger partial charge in [-0.3, -0.25) is 4.79 Å². The zero-order valence-electron chi connectivity index (χ0n) is 13.1. The number of carbonyl (C=O) groups excluding carboxylic acids is 1. The van der Waals surface area contributed by atoms with E-state index in [1.54, 1.807) is 0 Å². The molecule has 0 aromatic heterocycles. The molecule has 0 fully saturated rings. The number of benzene rings is 1. The van der Waals surface area contributed by atoms with E-state index in [4.69, 9.17) is 11.6 Å². The topological polar surface area (TPSA) is 17.1 Å². The Bertz CT molecular complexity index is 666. The molecule has 2 aliphatic carbocycles. The predicted molar refractivity (Wildman–Crippen MR) is 96.7 cm³/mol. The fourth-order valence-corrected chi connectivity index (χ4v) is 3.51. The Morgan fingerprint density at radius 3 is 2.65 bits per heavy atom. The summed E-state index contributed by atoms with van der Waals surface area (Å²) in [5.74, 6) is 0.767. The van der Waals surface area contributed by atoms with Gasteiger partial charge in [-0.05, 0) is 23.5 Å². The second-order valence-electron chi connectivity index (χ2n) is 6.16. The molecule has 0 spiro atoms. The van der Waals surface area contributed by atoms with Gasteiger partial charge in [-0.1, -0.05) is 72.9 Å². The van der Waals surface area contributed by atoms with Crippen molar-refractivity contribution in [3.63, 3.8) is 0 Å². The molecule has 0 N–H and O–H groups in total. The van der Waals surface area contributed by atoms with Gasteiger partial charge in [-0.25, -0.2) is 0 Å². The molecule has 3 atom stereocenters. The van der Waals surface area contributed by atoms with Gasteiger partial charge in [-0.2, -0.15) is 0 Å². The molecule has 1 nitrogen and oxygen atoms in total. The summed E-state index contributed by atoms with van der Waals surface area (Å²) in [7, 11) is 0. The van der Waals surface area contributed by atoms with E-state index in [2.05, 4.69) is 42.5 Å². The molecule has 0 amide bonds. The van der Waals surface area contributed by atoms with Crippen LogP contribution in [0.25, 0.3) is 0 Å². The van der Waals surface area contributed by atoms with Crippen molar-refractivity contribution in [3.05, 3.63) is 84.0 Å². The van der Waals surface area contributed by atoms with Crippen molar-refractivity contribution in [2.75, 3.05) is 0 Å². The molecule has 0 bridgehead atoms. The Labute approximate surface area is 143 Å². The van der Waals surface area contributed by atoms with Crippen LogP contribution in [0.15, 0.2) is 78.4 Å². The molecule has 1 aromatic rings. The number of hydrogen-bond donors (Lipinski definition) is 0. The highest BCUT2D eigenvalue weighted by Gasteiger charge is 2.24. The number of Topliss-reactive ketones (excluding diaryl/α,β-unsaturated/α-hetero) is 1. The second-order valence-corrected chi connectivity index (χ2v) is 6.69. The van der Waals surface area contributed by atoms with Crippen LogP contribution >= 0.6 is 11.6 Å². The molecule has 0 heterocycles. The molecule has 23 heavy (non-hydrogen) atoms. The molecule has 2 aliphatic rings. The number of ketones is 1. The third kappa shape index (κ3) is 4.11. The first-order chi connectivity index (χ1) is 11.2. The first-order valence-corrected chi connectivity index (χ1v) is 8.59. The van der Waals surface area contributed by atoms with E-state index >= 15 is 0 Å². The van der Waals surface area contributed by atoms with Gasteiger partial charge in [0.25, 0.3) is 0 Å². The lowest BCUT2D eigenvalue weighted by Crippen LogP contribution is -2.17. The number of rotatable bonds is 5. The van der Waals surface area contributed by atoms with Crippen molar-refractivity contribution in [1.29, 1.82) is 0 Å². The van der Waals surface area contributed by atoms with Gasteiger partial charge >= 0.3 is 0 Å². The van der Waals surface area contributed by atoms with E-state index < -0.39 is 0 Å². The summed E-state index contributed by atoms with van der Waals surface area (Å²) in [4.78, 5) is 12.5. The lowest BCUT2D eigenvalue weighted by Gasteiger charge is -2.24. The number of hydrogen-bond acceptors (Lipinski definition) is 1. The van der Waals surface area contributed by atoms with Gasteiger partial charge in [0.15, 0.2) is 0 Å². The smallest absolute Gasteiger partial charge is 0.137 e. The monoisotopic (exact) mass is 324 g/mol. The van der Waals surface area contributed by atoms with E-state index in [-0.39, 0.29) is 23.0 Å². The third-order valence-corrected chi connectivity index (χ3v) is 4.95. The molecule has 0 aliphatic heterocycles. The Balaban J connectivity index is 1.67. The molecule has 0 saturated heterocycles. The lowest BCUT2D eigenvalue weighted by atomic mass is 9.79. The average Bonchev–Trinajstić information content (AvgIpc) is 2.58. The number of halogens is 1. The standard InChI is InChI=1S/C21H21ClO/c22-21-13-7-5-11-18(21)15-19(23)14-17-10-4-6-12-20(17)16-8-2-1-3-9-16/h1-12,17,20-21H,13-15H2. The van der Waals surface area contributed by atoms with E-state index in [9.17, 15) is 4.79 Å². The summed E-state index contributed by atoms with van der Waals surface area (Å²) in [6, 6.07) is 10.4. The first-order valence-electron chi connectivity index (χ1n) is 8.15. The summed E-state index contributed by atoms with van der Waals surface area (Å²) in [6.45, 7) is 0. The van der Waals surface area contributed by atoms with Gasteiger partial charge in [0.05, 0.1) is 5.38 Å². The van der Waals surface area contributed by atoms with Crippen LogP contribution in [-0.2, 0) is 4.79 Å². The summed E-state index contributed by atoms with van der Waals surface area (Å²) in [5, 5.41) is -0.0318. The van der Waals surface area contributed by atoms with Gasteiger partial charge in [0.1, 0.15) is 5.78 Å². The third-order valence-electron chi connectivity index (χ3n) is 4.49. The van der Waals surface area contributed by atoms with Crippen LogP contribution in [0, 0.1) is 5.92 Å². The molecule has 3 unspecified atom stereocenters. The maximum atomic E-state index is 12.5. The first kappa shape index (κ1) is 16.0. The maximum Gasteiger partial charge on any atom is 0.137 e. The molecular formula is C21H21ClO. The number of alkyl halides is 1. The molecule has 2 heteroatoms. The molecule has 0 saturated carbocycles. The summed E-state index contributed by atoms with van der Waals surface area (Å²) >= 11 is 6.30. The largest absolute Gasteiger partial charge is 0.299 e. The van der Waals surface area contributed by atoms with Crippen molar-refractivity contribution in [2.24, 2.45) is 5.92 Å².